The molecule has 0 aliphatic heterocycles. The standard InChI is InChI=1S/C22H30N2O4/c1-7-12(2)17-10-8-9-11-18(17)24-21(26)16(6)28-22(27)20-13(3)19(15(5)25)14(4)23-20/h8-12,15-16,23,25H,7H2,1-6H3,(H,24,26)/t12-,15-,16+/m1/s1. The first-order valence-electron chi connectivity index (χ1n) is 9.65. The Morgan fingerprint density at radius 1 is 1.18 bits per heavy atom. The Hall–Kier alpha value is -2.60. The SMILES string of the molecule is CC[C@@H](C)c1ccccc1NC(=O)[C@H](C)OC(=O)c1[nH]c(C)c([C@@H](C)O)c1C. The van der Waals surface area contributed by atoms with E-state index in [4.69, 9.17) is 4.74 Å². The monoisotopic (exact) mass is 386 g/mol. The van der Waals surface area contributed by atoms with Gasteiger partial charge < -0.3 is 20.1 Å². The minimum atomic E-state index is -0.963. The van der Waals surface area contributed by atoms with Gasteiger partial charge in [0.05, 0.1) is 6.10 Å². The summed E-state index contributed by atoms with van der Waals surface area (Å²) in [5, 5.41) is 12.7. The molecule has 0 bridgehead atoms. The fraction of sp³-hybridized carbons (Fsp3) is 0.455. The van der Waals surface area contributed by atoms with E-state index in [1.807, 2.05) is 24.3 Å². The summed E-state index contributed by atoms with van der Waals surface area (Å²) in [6.07, 6.45) is -0.708. The van der Waals surface area contributed by atoms with Gasteiger partial charge in [0.25, 0.3) is 5.91 Å². The summed E-state index contributed by atoms with van der Waals surface area (Å²) in [7, 11) is 0. The molecule has 6 heteroatoms. The smallest absolute Gasteiger partial charge is 0.355 e. The van der Waals surface area contributed by atoms with Crippen LogP contribution in [-0.4, -0.2) is 28.1 Å². The molecule has 28 heavy (non-hydrogen) atoms. The minimum Gasteiger partial charge on any atom is -0.448 e. The molecule has 0 spiro atoms. The van der Waals surface area contributed by atoms with Gasteiger partial charge in [-0.1, -0.05) is 32.0 Å². The highest BCUT2D eigenvalue weighted by Gasteiger charge is 2.25. The van der Waals surface area contributed by atoms with Crippen LogP contribution in [0.1, 0.15) is 79.0 Å². The van der Waals surface area contributed by atoms with Crippen LogP contribution >= 0.6 is 0 Å². The fourth-order valence-electron chi connectivity index (χ4n) is 3.36. The van der Waals surface area contributed by atoms with Crippen molar-refractivity contribution in [2.75, 3.05) is 5.32 Å². The maximum Gasteiger partial charge on any atom is 0.355 e. The van der Waals surface area contributed by atoms with Gasteiger partial charge in [-0.3, -0.25) is 4.79 Å². The first kappa shape index (κ1) is 21.7. The van der Waals surface area contributed by atoms with Crippen molar-refractivity contribution in [3.05, 3.63) is 52.3 Å². The lowest BCUT2D eigenvalue weighted by molar-refractivity contribution is -0.123. The number of benzene rings is 1. The second-order valence-corrected chi connectivity index (χ2v) is 7.27. The highest BCUT2D eigenvalue weighted by molar-refractivity contribution is 5.97. The maximum absolute atomic E-state index is 12.6. The van der Waals surface area contributed by atoms with Crippen LogP contribution in [0.4, 0.5) is 5.69 Å². The van der Waals surface area contributed by atoms with E-state index in [9.17, 15) is 14.7 Å². The Morgan fingerprint density at radius 3 is 2.39 bits per heavy atom. The lowest BCUT2D eigenvalue weighted by Gasteiger charge is -2.18. The number of ether oxygens (including phenoxy) is 1. The van der Waals surface area contributed by atoms with E-state index >= 15 is 0 Å². The lowest BCUT2D eigenvalue weighted by Crippen LogP contribution is -2.30. The molecule has 0 saturated heterocycles. The Balaban J connectivity index is 2.12. The third kappa shape index (κ3) is 4.62. The van der Waals surface area contributed by atoms with E-state index in [0.29, 0.717) is 22.7 Å². The minimum absolute atomic E-state index is 0.257. The van der Waals surface area contributed by atoms with E-state index in [1.54, 1.807) is 27.7 Å². The zero-order valence-corrected chi connectivity index (χ0v) is 17.4. The van der Waals surface area contributed by atoms with Gasteiger partial charge in [-0.05, 0) is 57.2 Å². The summed E-state index contributed by atoms with van der Waals surface area (Å²) in [6.45, 7) is 10.9. The molecule has 2 rings (SSSR count). The van der Waals surface area contributed by atoms with E-state index < -0.39 is 18.2 Å². The number of rotatable bonds is 7. The van der Waals surface area contributed by atoms with Crippen LogP contribution in [0.15, 0.2) is 24.3 Å². The molecular formula is C22H30N2O4. The Kier molecular flexibility index (Phi) is 7.02. The number of hydrogen-bond donors (Lipinski definition) is 3. The summed E-state index contributed by atoms with van der Waals surface area (Å²) in [5.74, 6) is -0.705. The van der Waals surface area contributed by atoms with Crippen molar-refractivity contribution in [3.63, 3.8) is 0 Å². The van der Waals surface area contributed by atoms with Crippen molar-refractivity contribution >= 4 is 17.6 Å². The molecule has 1 amide bonds. The molecule has 2 aromatic rings. The number of hydrogen-bond acceptors (Lipinski definition) is 4. The van der Waals surface area contributed by atoms with Crippen LogP contribution in [-0.2, 0) is 9.53 Å². The number of H-pyrrole nitrogens is 1. The molecule has 0 fully saturated rings. The summed E-state index contributed by atoms with van der Waals surface area (Å²) < 4.78 is 5.36. The normalized spacial score (nSPS) is 14.2. The molecule has 0 aliphatic rings. The molecule has 1 aromatic heterocycles. The number of carbonyl (C=O) groups excluding carboxylic acids is 2. The summed E-state index contributed by atoms with van der Waals surface area (Å²) in [4.78, 5) is 28.0. The van der Waals surface area contributed by atoms with Crippen molar-refractivity contribution in [2.45, 2.75) is 66.1 Å². The quantitative estimate of drug-likeness (QED) is 0.616. The van der Waals surface area contributed by atoms with Crippen LogP contribution < -0.4 is 5.32 Å². The molecule has 3 atom stereocenters. The number of aromatic nitrogens is 1. The molecular weight excluding hydrogens is 356 g/mol. The number of carbonyl (C=O) groups is 2. The van der Waals surface area contributed by atoms with Crippen LogP contribution in [0, 0.1) is 13.8 Å². The Labute approximate surface area is 166 Å². The van der Waals surface area contributed by atoms with Crippen molar-refractivity contribution in [3.8, 4) is 0 Å². The fourth-order valence-corrected chi connectivity index (χ4v) is 3.36. The highest BCUT2D eigenvalue weighted by atomic mass is 16.5. The number of esters is 1. The number of aliphatic hydroxyl groups is 1. The molecule has 0 aliphatic carbocycles. The van der Waals surface area contributed by atoms with Gasteiger partial charge in [0, 0.05) is 16.9 Å². The van der Waals surface area contributed by atoms with Gasteiger partial charge >= 0.3 is 5.97 Å². The van der Waals surface area contributed by atoms with Crippen molar-refractivity contribution in [1.82, 2.24) is 4.98 Å². The molecule has 6 nitrogen and oxygen atoms in total. The van der Waals surface area contributed by atoms with Gasteiger partial charge in [-0.2, -0.15) is 0 Å². The maximum atomic E-state index is 12.6. The largest absolute Gasteiger partial charge is 0.448 e. The van der Waals surface area contributed by atoms with Crippen molar-refractivity contribution < 1.29 is 19.4 Å². The summed E-state index contributed by atoms with van der Waals surface area (Å²) in [6, 6.07) is 7.64. The molecule has 3 N–H and O–H groups in total. The second kappa shape index (κ2) is 9.06. The number of amides is 1. The first-order valence-corrected chi connectivity index (χ1v) is 9.65. The molecule has 1 heterocycles. The van der Waals surface area contributed by atoms with Crippen LogP contribution in [0.3, 0.4) is 0 Å². The highest BCUT2D eigenvalue weighted by Crippen LogP contribution is 2.27. The van der Waals surface area contributed by atoms with Gasteiger partial charge in [0.15, 0.2) is 6.10 Å². The third-order valence-electron chi connectivity index (χ3n) is 5.13. The Bertz CT molecular complexity index is 854. The number of anilines is 1. The van der Waals surface area contributed by atoms with Crippen LogP contribution in [0.25, 0.3) is 0 Å². The Morgan fingerprint density at radius 2 is 1.82 bits per heavy atom. The second-order valence-electron chi connectivity index (χ2n) is 7.27. The average Bonchev–Trinajstić information content (AvgIpc) is 2.95. The number of para-hydroxylation sites is 1. The molecule has 152 valence electrons. The predicted molar refractivity (Wildman–Crippen MR) is 110 cm³/mol. The number of nitrogens with one attached hydrogen (secondary N) is 2. The molecule has 0 unspecified atom stereocenters. The topological polar surface area (TPSA) is 91.4 Å². The first-order chi connectivity index (χ1) is 13.2. The van der Waals surface area contributed by atoms with Gasteiger partial charge in [-0.25, -0.2) is 4.79 Å². The third-order valence-corrected chi connectivity index (χ3v) is 5.13. The zero-order chi connectivity index (χ0) is 21.0. The van der Waals surface area contributed by atoms with Gasteiger partial charge in [-0.15, -0.1) is 0 Å². The van der Waals surface area contributed by atoms with Gasteiger partial charge in [0.2, 0.25) is 0 Å². The number of aliphatic hydroxyl groups excluding tert-OH is 1. The zero-order valence-electron chi connectivity index (χ0n) is 17.4. The molecule has 0 saturated carbocycles. The number of aryl methyl sites for hydroxylation is 1. The molecule has 1 aromatic carbocycles. The average molecular weight is 386 g/mol. The predicted octanol–water partition coefficient (Wildman–Crippen LogP) is 4.38. The van der Waals surface area contributed by atoms with E-state index in [2.05, 4.69) is 24.1 Å². The number of aromatic amines is 1. The van der Waals surface area contributed by atoms with Gasteiger partial charge in [0.1, 0.15) is 5.69 Å². The van der Waals surface area contributed by atoms with E-state index in [1.165, 1.54) is 0 Å². The van der Waals surface area contributed by atoms with Crippen molar-refractivity contribution in [1.29, 1.82) is 0 Å². The van der Waals surface area contributed by atoms with E-state index in [-0.39, 0.29) is 11.6 Å². The molecule has 0 radical (unpaired) electrons. The van der Waals surface area contributed by atoms with Crippen molar-refractivity contribution in [2.24, 2.45) is 0 Å². The summed E-state index contributed by atoms with van der Waals surface area (Å²) in [5.41, 5.74) is 4.05. The lowest BCUT2D eigenvalue weighted by atomic mass is 9.97. The van der Waals surface area contributed by atoms with E-state index in [0.717, 1.165) is 17.7 Å². The summed E-state index contributed by atoms with van der Waals surface area (Å²) >= 11 is 0. The van der Waals surface area contributed by atoms with Crippen LogP contribution in [0.5, 0.6) is 0 Å². The van der Waals surface area contributed by atoms with Crippen LogP contribution in [0.2, 0.25) is 0 Å².